The standard InChI is InChI=1S/C7H9BrN2O.BrH/c1-4-7(11)6(9)5(2-8)3-10-4;/h3,11H,2H2,1H3,(H2,9,10);1H. The van der Waals surface area contributed by atoms with Crippen LogP contribution in [0.2, 0.25) is 0 Å². The number of hydrogen-bond acceptors (Lipinski definition) is 3. The maximum Gasteiger partial charge on any atom is 0.160 e. The molecule has 0 bridgehead atoms. The molecule has 1 rings (SSSR count). The maximum absolute atomic E-state index is 9.31. The largest absolute Gasteiger partial charge is 0.504 e. The number of nitrogens with zero attached hydrogens (tertiary/aromatic N) is 1. The molecule has 0 saturated heterocycles. The molecule has 5 heteroatoms. The lowest BCUT2D eigenvalue weighted by atomic mass is 10.2. The second-order valence-corrected chi connectivity index (χ2v) is 2.83. The zero-order valence-corrected chi connectivity index (χ0v) is 9.84. The van der Waals surface area contributed by atoms with Crippen LogP contribution >= 0.6 is 32.9 Å². The number of aromatic hydroxyl groups is 1. The van der Waals surface area contributed by atoms with Gasteiger partial charge in [0.05, 0.1) is 11.4 Å². The summed E-state index contributed by atoms with van der Waals surface area (Å²) in [4.78, 5) is 3.95. The molecule has 0 aromatic carbocycles. The van der Waals surface area contributed by atoms with E-state index in [-0.39, 0.29) is 22.7 Å². The number of nitrogen functional groups attached to an aromatic ring is 1. The van der Waals surface area contributed by atoms with E-state index in [2.05, 4.69) is 20.9 Å². The Morgan fingerprint density at radius 2 is 2.25 bits per heavy atom. The smallest absolute Gasteiger partial charge is 0.160 e. The van der Waals surface area contributed by atoms with E-state index in [1.165, 1.54) is 0 Å². The van der Waals surface area contributed by atoms with Crippen molar-refractivity contribution in [1.82, 2.24) is 4.98 Å². The molecule has 12 heavy (non-hydrogen) atoms. The molecule has 1 aromatic rings. The number of aromatic nitrogens is 1. The lowest BCUT2D eigenvalue weighted by molar-refractivity contribution is 0.470. The number of hydrogen-bond donors (Lipinski definition) is 2. The van der Waals surface area contributed by atoms with Gasteiger partial charge in [-0.2, -0.15) is 0 Å². The van der Waals surface area contributed by atoms with Gasteiger partial charge in [0.15, 0.2) is 5.75 Å². The van der Waals surface area contributed by atoms with Gasteiger partial charge >= 0.3 is 0 Å². The van der Waals surface area contributed by atoms with Crippen molar-refractivity contribution in [2.24, 2.45) is 0 Å². The Labute approximate surface area is 89.9 Å². The van der Waals surface area contributed by atoms with Crippen molar-refractivity contribution in [3.8, 4) is 5.75 Å². The Hall–Kier alpha value is -0.290. The summed E-state index contributed by atoms with van der Waals surface area (Å²) in [5.74, 6) is 0.0851. The summed E-state index contributed by atoms with van der Waals surface area (Å²) in [6.45, 7) is 1.71. The van der Waals surface area contributed by atoms with Crippen LogP contribution in [0.3, 0.4) is 0 Å². The van der Waals surface area contributed by atoms with E-state index in [9.17, 15) is 5.11 Å². The lowest BCUT2D eigenvalue weighted by Gasteiger charge is -2.05. The van der Waals surface area contributed by atoms with Gasteiger partial charge in [-0.05, 0) is 6.92 Å². The van der Waals surface area contributed by atoms with Crippen molar-refractivity contribution in [3.63, 3.8) is 0 Å². The number of aryl methyl sites for hydroxylation is 1. The van der Waals surface area contributed by atoms with Gasteiger partial charge in [-0.25, -0.2) is 0 Å². The molecule has 3 nitrogen and oxygen atoms in total. The van der Waals surface area contributed by atoms with Gasteiger partial charge in [0.2, 0.25) is 0 Å². The van der Waals surface area contributed by atoms with Crippen LogP contribution in [0.4, 0.5) is 5.69 Å². The van der Waals surface area contributed by atoms with Gasteiger partial charge in [-0.1, -0.05) is 15.9 Å². The minimum absolute atomic E-state index is 0. The molecule has 0 aliphatic carbocycles. The second kappa shape index (κ2) is 4.67. The summed E-state index contributed by atoms with van der Waals surface area (Å²) in [5.41, 5.74) is 7.36. The fourth-order valence-corrected chi connectivity index (χ4v) is 1.21. The minimum atomic E-state index is 0. The topological polar surface area (TPSA) is 59.1 Å². The summed E-state index contributed by atoms with van der Waals surface area (Å²) >= 11 is 3.24. The van der Waals surface area contributed by atoms with Gasteiger partial charge in [0.25, 0.3) is 0 Å². The van der Waals surface area contributed by atoms with Crippen LogP contribution in [-0.2, 0) is 5.33 Å². The summed E-state index contributed by atoms with van der Waals surface area (Å²) < 4.78 is 0. The quantitative estimate of drug-likeness (QED) is 0.781. The average molecular weight is 298 g/mol. The molecular formula is C7H10Br2N2O. The highest BCUT2D eigenvalue weighted by molar-refractivity contribution is 9.08. The van der Waals surface area contributed by atoms with Crippen molar-refractivity contribution < 1.29 is 5.11 Å². The maximum atomic E-state index is 9.31. The molecule has 0 aliphatic heterocycles. The molecule has 68 valence electrons. The molecule has 1 aromatic heterocycles. The molecule has 1 heterocycles. The minimum Gasteiger partial charge on any atom is -0.504 e. The number of nitrogens with two attached hydrogens (primary N) is 1. The average Bonchev–Trinajstić information content (AvgIpc) is 2.01. The molecule has 0 radical (unpaired) electrons. The van der Waals surface area contributed by atoms with Crippen molar-refractivity contribution >= 4 is 38.6 Å². The first-order valence-corrected chi connectivity index (χ1v) is 4.28. The number of pyridine rings is 1. The first-order chi connectivity index (χ1) is 5.16. The highest BCUT2D eigenvalue weighted by atomic mass is 79.9. The third kappa shape index (κ3) is 2.10. The van der Waals surface area contributed by atoms with E-state index in [4.69, 9.17) is 5.73 Å². The number of anilines is 1. The molecule has 0 fully saturated rings. The summed E-state index contributed by atoms with van der Waals surface area (Å²) in [5, 5.41) is 9.92. The Balaban J connectivity index is 0.00000121. The van der Waals surface area contributed by atoms with E-state index in [0.29, 0.717) is 16.7 Å². The Bertz CT molecular complexity index is 278. The SMILES string of the molecule is Br.Cc1ncc(CBr)c(N)c1O. The Morgan fingerprint density at radius 1 is 1.67 bits per heavy atom. The summed E-state index contributed by atoms with van der Waals surface area (Å²) in [6, 6.07) is 0. The van der Waals surface area contributed by atoms with E-state index in [1.54, 1.807) is 13.1 Å². The molecule has 0 aliphatic rings. The highest BCUT2D eigenvalue weighted by Crippen LogP contribution is 2.26. The Kier molecular flexibility index (Phi) is 4.55. The van der Waals surface area contributed by atoms with Gasteiger partial charge in [-0.15, -0.1) is 17.0 Å². The van der Waals surface area contributed by atoms with Crippen LogP contribution in [-0.4, -0.2) is 10.1 Å². The van der Waals surface area contributed by atoms with Gasteiger partial charge in [0, 0.05) is 17.1 Å². The van der Waals surface area contributed by atoms with Gasteiger partial charge < -0.3 is 10.8 Å². The molecule has 3 N–H and O–H groups in total. The third-order valence-electron chi connectivity index (χ3n) is 1.50. The second-order valence-electron chi connectivity index (χ2n) is 2.26. The van der Waals surface area contributed by atoms with E-state index in [0.717, 1.165) is 5.56 Å². The number of halogens is 2. The highest BCUT2D eigenvalue weighted by Gasteiger charge is 2.05. The van der Waals surface area contributed by atoms with Crippen molar-refractivity contribution in [1.29, 1.82) is 0 Å². The first-order valence-electron chi connectivity index (χ1n) is 3.15. The van der Waals surface area contributed by atoms with E-state index >= 15 is 0 Å². The van der Waals surface area contributed by atoms with E-state index in [1.807, 2.05) is 0 Å². The predicted octanol–water partition coefficient (Wildman–Crippen LogP) is 2.15. The first kappa shape index (κ1) is 11.7. The lowest BCUT2D eigenvalue weighted by Crippen LogP contribution is -1.95. The molecule has 0 atom stereocenters. The van der Waals surface area contributed by atoms with Crippen LogP contribution in [0.1, 0.15) is 11.3 Å². The zero-order chi connectivity index (χ0) is 8.43. The van der Waals surface area contributed by atoms with Gasteiger partial charge in [-0.3, -0.25) is 4.98 Å². The van der Waals surface area contributed by atoms with Crippen LogP contribution in [0.15, 0.2) is 6.20 Å². The number of alkyl halides is 1. The van der Waals surface area contributed by atoms with Crippen molar-refractivity contribution in [3.05, 3.63) is 17.5 Å². The normalized spacial score (nSPS) is 9.17. The third-order valence-corrected chi connectivity index (χ3v) is 2.11. The van der Waals surface area contributed by atoms with Crippen molar-refractivity contribution in [2.45, 2.75) is 12.3 Å². The zero-order valence-electron chi connectivity index (χ0n) is 6.54. The fraction of sp³-hybridized carbons (Fsp3) is 0.286. The number of rotatable bonds is 1. The molecular weight excluding hydrogens is 288 g/mol. The monoisotopic (exact) mass is 296 g/mol. The van der Waals surface area contributed by atoms with Crippen LogP contribution in [0, 0.1) is 6.92 Å². The fourth-order valence-electron chi connectivity index (χ4n) is 0.759. The summed E-state index contributed by atoms with van der Waals surface area (Å²) in [7, 11) is 0. The molecule has 0 spiro atoms. The predicted molar refractivity (Wildman–Crippen MR) is 58.0 cm³/mol. The summed E-state index contributed by atoms with van der Waals surface area (Å²) in [6.07, 6.45) is 1.65. The molecule has 0 amide bonds. The molecule has 0 saturated carbocycles. The van der Waals surface area contributed by atoms with E-state index < -0.39 is 0 Å². The van der Waals surface area contributed by atoms with Gasteiger partial charge in [0.1, 0.15) is 0 Å². The molecule has 0 unspecified atom stereocenters. The van der Waals surface area contributed by atoms with Crippen molar-refractivity contribution in [2.75, 3.05) is 5.73 Å². The van der Waals surface area contributed by atoms with Crippen LogP contribution in [0.5, 0.6) is 5.75 Å². The van der Waals surface area contributed by atoms with Crippen LogP contribution < -0.4 is 5.73 Å². The van der Waals surface area contributed by atoms with Crippen LogP contribution in [0.25, 0.3) is 0 Å². The Morgan fingerprint density at radius 3 is 2.75 bits per heavy atom.